The van der Waals surface area contributed by atoms with Crippen LogP contribution in [0, 0.1) is 0 Å². The Morgan fingerprint density at radius 2 is 1.04 bits per heavy atom. The van der Waals surface area contributed by atoms with Crippen LogP contribution in [0.3, 0.4) is 0 Å². The first-order valence-corrected chi connectivity index (χ1v) is 23.5. The predicted molar refractivity (Wildman–Crippen MR) is 176 cm³/mol. The van der Waals surface area contributed by atoms with Crippen LogP contribution in [0.1, 0.15) is 12.5 Å². The molecule has 4 heterocycles. The molecule has 49 heavy (non-hydrogen) atoms. The molecule has 6 unspecified atom stereocenters. The van der Waals surface area contributed by atoms with Crippen LogP contribution in [0.4, 0.5) is 0 Å². The van der Waals surface area contributed by atoms with Crippen LogP contribution in [-0.4, -0.2) is 99.2 Å². The highest BCUT2D eigenvalue weighted by molar-refractivity contribution is 8.61. The molecule has 0 amide bonds. The largest absolute Gasteiger partial charge is 0.487 e. The number of rotatable bonds is 14. The Morgan fingerprint density at radius 1 is 0.694 bits per heavy atom. The molecule has 4 rings (SSSR count). The average Bonchev–Trinajstić information content (AvgIpc) is 3.38. The minimum Gasteiger partial charge on any atom is -0.387 e. The van der Waals surface area contributed by atoms with Crippen LogP contribution in [-0.2, 0) is 64.2 Å². The fourth-order valence-corrected chi connectivity index (χ4v) is 13.1. The van der Waals surface area contributed by atoms with E-state index < -0.39 is 112 Å². The molecule has 2 aromatic heterocycles. The summed E-state index contributed by atoms with van der Waals surface area (Å²) in [7, 11) is -11.4. The van der Waals surface area contributed by atoms with E-state index >= 15 is 0 Å². The smallest absolute Gasteiger partial charge is 0.387 e. The van der Waals surface area contributed by atoms with Gasteiger partial charge in [-0.3, -0.25) is 28.7 Å². The molecular weight excluding hydrogens is 828 g/mol. The van der Waals surface area contributed by atoms with Crippen LogP contribution in [0.25, 0.3) is 0 Å². The van der Waals surface area contributed by atoms with Crippen molar-refractivity contribution in [3.8, 4) is 0 Å². The van der Waals surface area contributed by atoms with Crippen molar-refractivity contribution >= 4 is 75.1 Å². The standard InChI is InChI=1S/C18H26N4O19P4S4/c23-9-1-3-21(17(29)19-9)15-13(27)11(25)7(37-15)5-35-44(46,47)40-42(31,32)39-43(33,34)41-45(48,49)36-6-8-12(26)14(28)16(38-8)22-4-2-10(24)20-18(22)30/h1-4,7-8,11-16,25-28H,5-6H2,(H,31,32)(H,33,34)(H,46,47)(H,48,49)(H,19,23,29)(H,20,24,30)/t7-,8-,11+,12?,13?,14+,15-,16-/m1/s1. The van der Waals surface area contributed by atoms with Crippen LogP contribution in [0.2, 0.25) is 0 Å². The zero-order chi connectivity index (χ0) is 36.7. The monoisotopic (exact) mass is 854 g/mol. The molecule has 23 nitrogen and oxygen atoms in total. The number of ether oxygens (including phenoxy) is 2. The molecule has 12 atom stereocenters. The van der Waals surface area contributed by atoms with Gasteiger partial charge in [-0.25, -0.2) is 27.3 Å². The first kappa shape index (κ1) is 41.1. The van der Waals surface area contributed by atoms with Gasteiger partial charge in [-0.1, -0.05) is 24.5 Å². The van der Waals surface area contributed by atoms with Crippen molar-refractivity contribution < 1.29 is 70.8 Å². The van der Waals surface area contributed by atoms with Crippen molar-refractivity contribution in [3.05, 3.63) is 66.2 Å². The predicted octanol–water partition coefficient (Wildman–Crippen LogP) is -2.08. The van der Waals surface area contributed by atoms with E-state index in [0.29, 0.717) is 0 Å². The van der Waals surface area contributed by atoms with Crippen LogP contribution < -0.4 is 22.5 Å². The summed E-state index contributed by atoms with van der Waals surface area (Å²) in [5.74, 6) is 0. The third-order valence-electron chi connectivity index (χ3n) is 6.35. The second-order valence-electron chi connectivity index (χ2n) is 9.84. The molecule has 0 bridgehead atoms. The number of hydrogen-bond acceptors (Lipinski definition) is 19. The van der Waals surface area contributed by atoms with Crippen molar-refractivity contribution in [3.63, 3.8) is 0 Å². The van der Waals surface area contributed by atoms with Gasteiger partial charge in [-0.15, -0.1) is 0 Å². The zero-order valence-electron chi connectivity index (χ0n) is 23.7. The number of phosphoric acid groups is 2. The Kier molecular flexibility index (Phi) is 13.2. The summed E-state index contributed by atoms with van der Waals surface area (Å²) in [4.78, 5) is 70.7. The molecule has 0 saturated carbocycles. The van der Waals surface area contributed by atoms with Crippen LogP contribution >= 0.6 is 51.5 Å². The highest BCUT2D eigenvalue weighted by Crippen LogP contribution is 2.75. The lowest BCUT2D eigenvalue weighted by Gasteiger charge is -2.25. The van der Waals surface area contributed by atoms with Gasteiger partial charge >= 0.3 is 27.0 Å². The normalized spacial score (nSPS) is 32.2. The lowest BCUT2D eigenvalue weighted by atomic mass is 10.1. The third-order valence-corrected chi connectivity index (χ3v) is 16.1. The SMILES string of the molecule is O=c1ccn([C@@H]2O[C@H](COP(=S)(S)OP(=O)(O)OP(=O)(O)OP(=S)(S)OC[C@H]3O[C@@H](n4ccc(=O)[nH]c4=O)[C@@H](O)C3O)[C@H](O)C2O)c(=O)[nH]1. The average molecular weight is 855 g/mol. The topological polar surface area (TPSA) is 330 Å². The Bertz CT molecular complexity index is 1840. The molecule has 0 spiro atoms. The molecule has 0 radical (unpaired) electrons. The minimum atomic E-state index is -5.69. The van der Waals surface area contributed by atoms with Crippen LogP contribution in [0.15, 0.2) is 43.7 Å². The molecule has 2 aliphatic heterocycles. The summed E-state index contributed by atoms with van der Waals surface area (Å²) in [6, 6.07) is 1.90. The van der Waals surface area contributed by atoms with Crippen molar-refractivity contribution in [2.24, 2.45) is 0 Å². The molecule has 31 heteroatoms. The van der Waals surface area contributed by atoms with Gasteiger partial charge in [-0.2, -0.15) is 4.31 Å². The van der Waals surface area contributed by atoms with Crippen molar-refractivity contribution in [1.29, 1.82) is 0 Å². The second kappa shape index (κ2) is 15.7. The Labute approximate surface area is 292 Å². The van der Waals surface area contributed by atoms with Gasteiger partial charge in [0.15, 0.2) is 12.5 Å². The Balaban J connectivity index is 1.31. The summed E-state index contributed by atoms with van der Waals surface area (Å²) in [5, 5.41) is 41.3. The summed E-state index contributed by atoms with van der Waals surface area (Å²) in [6.07, 6.45) is -10.8. The number of aromatic amines is 2. The highest BCUT2D eigenvalue weighted by atomic mass is 32.9. The van der Waals surface area contributed by atoms with E-state index in [-0.39, 0.29) is 0 Å². The van der Waals surface area contributed by atoms with E-state index in [0.717, 1.165) is 33.7 Å². The van der Waals surface area contributed by atoms with Crippen molar-refractivity contribution in [2.45, 2.75) is 49.1 Å². The Morgan fingerprint density at radius 3 is 1.37 bits per heavy atom. The van der Waals surface area contributed by atoms with Gasteiger partial charge in [0.05, 0.1) is 13.2 Å². The first-order valence-electron chi connectivity index (χ1n) is 12.9. The van der Waals surface area contributed by atoms with Crippen molar-refractivity contribution in [1.82, 2.24) is 19.1 Å². The first-order chi connectivity index (χ1) is 22.5. The minimum absolute atomic E-state index is 0.741. The lowest BCUT2D eigenvalue weighted by Crippen LogP contribution is -2.37. The fourth-order valence-electron chi connectivity index (χ4n) is 4.25. The molecule has 2 aliphatic rings. The van der Waals surface area contributed by atoms with Gasteiger partial charge in [0.2, 0.25) is 0 Å². The van der Waals surface area contributed by atoms with Gasteiger partial charge in [0, 0.05) is 24.5 Å². The summed E-state index contributed by atoms with van der Waals surface area (Å²) < 4.78 is 61.1. The second-order valence-corrected chi connectivity index (χ2v) is 23.7. The van der Waals surface area contributed by atoms with E-state index in [1.165, 1.54) is 0 Å². The van der Waals surface area contributed by atoms with Gasteiger partial charge in [0.1, 0.15) is 36.6 Å². The number of aliphatic hydroxyl groups is 4. The summed E-state index contributed by atoms with van der Waals surface area (Å²) in [6.45, 7) is -1.54. The van der Waals surface area contributed by atoms with Gasteiger partial charge < -0.3 is 48.7 Å². The fraction of sp³-hybridized carbons (Fsp3) is 0.556. The molecule has 2 fully saturated rings. The Hall–Kier alpha value is -0.700. The summed E-state index contributed by atoms with van der Waals surface area (Å²) in [5.41, 5.74) is -11.8. The number of aromatic nitrogens is 4. The van der Waals surface area contributed by atoms with Crippen LogP contribution in [0.5, 0.6) is 0 Å². The van der Waals surface area contributed by atoms with E-state index in [4.69, 9.17) is 42.1 Å². The number of aliphatic hydroxyl groups excluding tert-OH is 4. The summed E-state index contributed by atoms with van der Waals surface area (Å²) >= 11 is 17.4. The maximum absolute atomic E-state index is 12.5. The van der Waals surface area contributed by atoms with Gasteiger partial charge in [-0.05, 0) is 23.6 Å². The number of nitrogens with one attached hydrogen (secondary N) is 2. The number of thiol groups is 2. The lowest BCUT2D eigenvalue weighted by molar-refractivity contribution is -0.0511. The molecule has 2 aromatic rings. The highest BCUT2D eigenvalue weighted by Gasteiger charge is 2.48. The molecule has 2 saturated heterocycles. The maximum atomic E-state index is 12.5. The molecule has 0 aromatic carbocycles. The third kappa shape index (κ3) is 10.7. The van der Waals surface area contributed by atoms with Crippen molar-refractivity contribution in [2.75, 3.05) is 13.2 Å². The maximum Gasteiger partial charge on any atom is 0.487 e. The number of nitrogens with zero attached hydrogens (tertiary/aromatic N) is 2. The molecule has 8 N–H and O–H groups in total. The quantitative estimate of drug-likeness (QED) is 0.0720. The zero-order valence-corrected chi connectivity index (χ0v) is 30.7. The van der Waals surface area contributed by atoms with E-state index in [2.05, 4.69) is 37.4 Å². The van der Waals surface area contributed by atoms with E-state index in [1.807, 2.05) is 9.97 Å². The number of H-pyrrole nitrogens is 2. The van der Waals surface area contributed by atoms with Gasteiger partial charge in [0.25, 0.3) is 22.5 Å². The molecule has 276 valence electrons. The van der Waals surface area contributed by atoms with E-state index in [9.17, 15) is 58.5 Å². The molecular formula is C18H26N4O19P4S4. The van der Waals surface area contributed by atoms with E-state index in [1.54, 1.807) is 0 Å². The number of hydrogen-bond donors (Lipinski definition) is 10. The molecule has 0 aliphatic carbocycles.